The molecular weight excluding hydrogens is 1340 g/mol. The van der Waals surface area contributed by atoms with Gasteiger partial charge in [-0.2, -0.15) is 0 Å². The highest BCUT2D eigenvalue weighted by atomic mass is 32.1. The second-order valence-electron chi connectivity index (χ2n) is 30.0. The van der Waals surface area contributed by atoms with Crippen LogP contribution in [0.5, 0.6) is 0 Å². The Labute approximate surface area is 635 Å². The standard InChI is InChI=1S/C51H32N4S.C51H38N2/c1-2-12-32(13-3-1)51-53-43(30-44(54-51)42-18-10-11-25-52-42)31-21-23-37(24-22-31)55-45-19-8-6-16-38(45)47-40-28-35-26-33-14-4-5-15-34(33)27-36(35)29-41(40)48-39-17-7-9-20-46(39)56-50(48)49(47)55;1-51(2)45-26-13-11-24-41(45)47-43-30-35-28-33-16-9-10-17-34(33)29-36(35)31-44(43)48-42-25-12-14-27-46(42)53(50(48)49(47)51)40-23-15-22-39(32-40)52(37-18-5-3-6-19-37)38-20-7-4-8-21-38/h1-27,30H,28-29H2;3-29,32H,30-31H2,1-2H3. The van der Waals surface area contributed by atoms with E-state index in [4.69, 9.17) is 9.97 Å². The number of pyridine rings is 1. The lowest BCUT2D eigenvalue weighted by Crippen LogP contribution is -2.18. The van der Waals surface area contributed by atoms with E-state index in [2.05, 4.69) is 330 Å². The third-order valence-corrected chi connectivity index (χ3v) is 24.7. The lowest BCUT2D eigenvalue weighted by atomic mass is 9.76. The Kier molecular flexibility index (Phi) is 14.4. The zero-order valence-corrected chi connectivity index (χ0v) is 61.1. The van der Waals surface area contributed by atoms with Gasteiger partial charge in [0.1, 0.15) is 0 Å². The molecule has 6 nitrogen and oxygen atoms in total. The summed E-state index contributed by atoms with van der Waals surface area (Å²) in [6, 6.07) is 121. The topological polar surface area (TPSA) is 51.8 Å². The molecule has 20 aromatic rings. The molecule has 109 heavy (non-hydrogen) atoms. The van der Waals surface area contributed by atoms with Gasteiger partial charge in [-0.15, -0.1) is 11.3 Å². The van der Waals surface area contributed by atoms with Crippen LogP contribution in [0.15, 0.2) is 340 Å². The summed E-state index contributed by atoms with van der Waals surface area (Å²) in [6.07, 6.45) is 5.52. The fraction of sp³-hybridized carbons (Fsp3) is 0.0686. The molecule has 0 saturated heterocycles. The summed E-state index contributed by atoms with van der Waals surface area (Å²) < 4.78 is 7.78. The van der Waals surface area contributed by atoms with E-state index in [1.165, 1.54) is 158 Å². The molecule has 3 aliphatic carbocycles. The van der Waals surface area contributed by atoms with Crippen LogP contribution in [0.2, 0.25) is 0 Å². The van der Waals surface area contributed by atoms with Gasteiger partial charge in [-0.25, -0.2) is 9.97 Å². The number of para-hydroxylation sites is 4. The molecule has 0 saturated carbocycles. The average molecular weight is 1410 g/mol. The summed E-state index contributed by atoms with van der Waals surface area (Å²) in [7, 11) is 0. The van der Waals surface area contributed by atoms with Crippen molar-refractivity contribution in [2.45, 2.75) is 44.9 Å². The molecule has 0 aliphatic heterocycles. The molecule has 23 rings (SSSR count). The van der Waals surface area contributed by atoms with Gasteiger partial charge in [0.2, 0.25) is 0 Å². The molecule has 0 atom stereocenters. The Morgan fingerprint density at radius 1 is 0.358 bits per heavy atom. The van der Waals surface area contributed by atoms with Gasteiger partial charge < -0.3 is 14.0 Å². The zero-order chi connectivity index (χ0) is 72.0. The Morgan fingerprint density at radius 2 is 0.853 bits per heavy atom. The minimum absolute atomic E-state index is 0.188. The molecule has 0 fully saturated rings. The number of fused-ring (bicyclic) bond motifs is 24. The van der Waals surface area contributed by atoms with Crippen molar-refractivity contribution in [3.8, 4) is 56.5 Å². The number of anilines is 3. The molecule has 514 valence electrons. The van der Waals surface area contributed by atoms with Crippen molar-refractivity contribution in [1.82, 2.24) is 24.1 Å². The van der Waals surface area contributed by atoms with Crippen LogP contribution in [0, 0.1) is 0 Å². The first-order valence-electron chi connectivity index (χ1n) is 37.9. The van der Waals surface area contributed by atoms with E-state index in [1.54, 1.807) is 0 Å². The monoisotopic (exact) mass is 1410 g/mol. The van der Waals surface area contributed by atoms with E-state index in [0.717, 1.165) is 76.6 Å². The fourth-order valence-electron chi connectivity index (χ4n) is 18.7. The van der Waals surface area contributed by atoms with Gasteiger partial charge in [0.15, 0.2) is 5.82 Å². The first-order valence-corrected chi connectivity index (χ1v) is 38.7. The summed E-state index contributed by atoms with van der Waals surface area (Å²) >= 11 is 1.93. The maximum Gasteiger partial charge on any atom is 0.160 e. The molecule has 3 aliphatic rings. The quantitative estimate of drug-likeness (QED) is 0.152. The molecule has 0 unspecified atom stereocenters. The van der Waals surface area contributed by atoms with Crippen molar-refractivity contribution in [3.63, 3.8) is 0 Å². The molecule has 0 radical (unpaired) electrons. The van der Waals surface area contributed by atoms with Gasteiger partial charge in [-0.05, 0) is 205 Å². The third kappa shape index (κ3) is 10.0. The van der Waals surface area contributed by atoms with Gasteiger partial charge in [-0.1, -0.05) is 257 Å². The van der Waals surface area contributed by atoms with Crippen molar-refractivity contribution >= 4 is 114 Å². The lowest BCUT2D eigenvalue weighted by molar-refractivity contribution is 0.663. The first kappa shape index (κ1) is 63.0. The van der Waals surface area contributed by atoms with Crippen LogP contribution >= 0.6 is 11.3 Å². The highest BCUT2D eigenvalue weighted by Crippen LogP contribution is 2.58. The van der Waals surface area contributed by atoms with Gasteiger partial charge in [0.25, 0.3) is 0 Å². The van der Waals surface area contributed by atoms with Crippen molar-refractivity contribution in [2.75, 3.05) is 4.90 Å². The molecule has 15 aromatic carbocycles. The normalized spacial score (nSPS) is 13.2. The van der Waals surface area contributed by atoms with Crippen LogP contribution in [0.4, 0.5) is 17.1 Å². The summed E-state index contributed by atoms with van der Waals surface area (Å²) in [4.78, 5) is 17.1. The minimum Gasteiger partial charge on any atom is -0.310 e. The lowest BCUT2D eigenvalue weighted by Gasteiger charge is -2.29. The number of benzene rings is 15. The summed E-state index contributed by atoms with van der Waals surface area (Å²) in [6.45, 7) is 4.89. The molecule has 0 N–H and O–H groups in total. The number of aromatic nitrogens is 5. The summed E-state index contributed by atoms with van der Waals surface area (Å²) in [5.74, 6) is 0.682. The van der Waals surface area contributed by atoms with Crippen LogP contribution in [0.3, 0.4) is 0 Å². The molecule has 0 amide bonds. The second-order valence-corrected chi connectivity index (χ2v) is 31.1. The van der Waals surface area contributed by atoms with Crippen molar-refractivity contribution in [3.05, 3.63) is 395 Å². The third-order valence-electron chi connectivity index (χ3n) is 23.6. The Bertz CT molecular complexity index is 7020. The number of nitrogens with zero attached hydrogens (tertiary/aromatic N) is 6. The van der Waals surface area contributed by atoms with E-state index < -0.39 is 0 Å². The summed E-state index contributed by atoms with van der Waals surface area (Å²) in [5, 5.41) is 13.4. The number of thiophene rings is 1. The predicted octanol–water partition coefficient (Wildman–Crippen LogP) is 26.2. The molecular formula is C102H70N6S. The molecule has 5 heterocycles. The number of rotatable bonds is 8. The highest BCUT2D eigenvalue weighted by molar-refractivity contribution is 7.26. The number of hydrogen-bond acceptors (Lipinski definition) is 5. The first-order chi connectivity index (χ1) is 53.8. The second kappa shape index (κ2) is 24.9. The van der Waals surface area contributed by atoms with Crippen LogP contribution in [-0.4, -0.2) is 24.1 Å². The molecule has 0 spiro atoms. The minimum atomic E-state index is -0.188. The smallest absolute Gasteiger partial charge is 0.160 e. The maximum atomic E-state index is 5.10. The fourth-order valence-corrected chi connectivity index (χ4v) is 20.0. The van der Waals surface area contributed by atoms with Crippen molar-refractivity contribution in [1.29, 1.82) is 0 Å². The highest BCUT2D eigenvalue weighted by Gasteiger charge is 2.42. The van der Waals surface area contributed by atoms with Gasteiger partial charge in [0.05, 0.1) is 43.8 Å². The average Bonchev–Trinajstić information content (AvgIpc) is 1.52. The van der Waals surface area contributed by atoms with Crippen LogP contribution in [-0.2, 0) is 31.1 Å². The van der Waals surface area contributed by atoms with Crippen LogP contribution < -0.4 is 4.90 Å². The number of hydrogen-bond donors (Lipinski definition) is 0. The largest absolute Gasteiger partial charge is 0.310 e. The van der Waals surface area contributed by atoms with E-state index in [0.29, 0.717) is 5.82 Å². The van der Waals surface area contributed by atoms with E-state index in [-0.39, 0.29) is 5.41 Å². The van der Waals surface area contributed by atoms with Gasteiger partial charge >= 0.3 is 0 Å². The maximum absolute atomic E-state index is 5.10. The van der Waals surface area contributed by atoms with E-state index >= 15 is 0 Å². The predicted molar refractivity (Wildman–Crippen MR) is 456 cm³/mol. The van der Waals surface area contributed by atoms with Crippen LogP contribution in [0.1, 0.15) is 69.5 Å². The summed E-state index contributed by atoms with van der Waals surface area (Å²) in [5.41, 5.74) is 32.5. The van der Waals surface area contributed by atoms with E-state index in [1.807, 2.05) is 53.9 Å². The Hall–Kier alpha value is -13.3. The van der Waals surface area contributed by atoms with Crippen molar-refractivity contribution in [2.24, 2.45) is 0 Å². The van der Waals surface area contributed by atoms with Crippen LogP contribution in [0.25, 0.3) is 142 Å². The van der Waals surface area contributed by atoms with Gasteiger partial charge in [-0.3, -0.25) is 4.98 Å². The van der Waals surface area contributed by atoms with Gasteiger partial charge in [0, 0.05) is 88.2 Å². The van der Waals surface area contributed by atoms with Crippen molar-refractivity contribution < 1.29 is 0 Å². The Morgan fingerprint density at radius 3 is 1.48 bits per heavy atom. The SMILES string of the molecule is CC1(C)c2ccccc2-c2c3c(c4c5ccccc5n(-c5cccc(N(c6ccccc6)c6ccccc6)c5)c4c21)Cc1cc2ccccc2cc1C3.c1ccc(-c2nc(-c3ccc(-n4c5ccccc5c5c6c(c7c8ccccc8sc7c54)Cc4cc5ccccc5cc4C6)cc3)cc(-c3ccccn3)n2)cc1. The molecule has 0 bridgehead atoms. The van der Waals surface area contributed by atoms with E-state index in [9.17, 15) is 0 Å². The zero-order valence-electron chi connectivity index (χ0n) is 60.3. The molecule has 7 heteroatoms. The molecule has 5 aromatic heterocycles. The Balaban J connectivity index is 0.000000135.